The quantitative estimate of drug-likeness (QED) is 0.720. The first-order valence-electron chi connectivity index (χ1n) is 6.70. The molecule has 0 saturated carbocycles. The lowest BCUT2D eigenvalue weighted by molar-refractivity contribution is 0.0549. The molecule has 0 fully saturated rings. The molecule has 0 atom stereocenters. The zero-order chi connectivity index (χ0) is 15.5. The van der Waals surface area contributed by atoms with Gasteiger partial charge in [-0.2, -0.15) is 5.10 Å². The van der Waals surface area contributed by atoms with Gasteiger partial charge in [-0.3, -0.25) is 9.89 Å². The van der Waals surface area contributed by atoms with E-state index in [1.54, 1.807) is 25.4 Å². The second-order valence-electron chi connectivity index (χ2n) is 5.41. The molecular formula is C15H11F2N3OS. The van der Waals surface area contributed by atoms with Crippen LogP contribution in [0.4, 0.5) is 8.78 Å². The maximum Gasteiger partial charge on any atom is 0.271 e. The number of H-pyrrole nitrogens is 2. The molecule has 0 amide bonds. The molecule has 4 nitrogen and oxygen atoms in total. The highest BCUT2D eigenvalue weighted by Crippen LogP contribution is 2.40. The van der Waals surface area contributed by atoms with E-state index in [1.807, 2.05) is 0 Å². The van der Waals surface area contributed by atoms with Crippen molar-refractivity contribution in [3.05, 3.63) is 46.1 Å². The van der Waals surface area contributed by atoms with Crippen LogP contribution >= 0.6 is 11.3 Å². The van der Waals surface area contributed by atoms with Gasteiger partial charge < -0.3 is 4.98 Å². The lowest BCUT2D eigenvalue weighted by atomic mass is 9.91. The van der Waals surface area contributed by atoms with Crippen molar-refractivity contribution in [1.29, 1.82) is 0 Å². The van der Waals surface area contributed by atoms with Gasteiger partial charge in [0, 0.05) is 34.1 Å². The van der Waals surface area contributed by atoms with Gasteiger partial charge in [0.25, 0.3) is 11.5 Å². The van der Waals surface area contributed by atoms with E-state index >= 15 is 0 Å². The van der Waals surface area contributed by atoms with E-state index in [0.717, 1.165) is 16.5 Å². The fourth-order valence-electron chi connectivity index (χ4n) is 2.89. The Bertz CT molecular complexity index is 967. The van der Waals surface area contributed by atoms with E-state index in [4.69, 9.17) is 0 Å². The molecule has 0 saturated heterocycles. The summed E-state index contributed by atoms with van der Waals surface area (Å²) < 4.78 is 28.2. The smallest absolute Gasteiger partial charge is 0.271 e. The number of aromatic amines is 2. The predicted molar refractivity (Wildman–Crippen MR) is 82.3 cm³/mol. The van der Waals surface area contributed by atoms with Gasteiger partial charge in [0.2, 0.25) is 0 Å². The van der Waals surface area contributed by atoms with Gasteiger partial charge in [-0.15, -0.1) is 11.3 Å². The van der Waals surface area contributed by atoms with E-state index in [0.29, 0.717) is 26.9 Å². The number of allylic oxidation sites excluding steroid dienone is 2. The molecule has 0 unspecified atom stereocenters. The van der Waals surface area contributed by atoms with Crippen LogP contribution in [0, 0.1) is 0 Å². The van der Waals surface area contributed by atoms with E-state index in [-0.39, 0.29) is 5.56 Å². The standard InChI is InChI=1S/C15H11F2N3OS/c1-7-3-15(16,17)4-10-9-2-11(8-5-18-19-6-8)22-13(9)14(21)20-12(7)10/h2-3,5-6H,4H2,1H3,(H,18,19)(H,20,21). The Morgan fingerprint density at radius 3 is 2.95 bits per heavy atom. The summed E-state index contributed by atoms with van der Waals surface area (Å²) in [6.07, 6.45) is 3.88. The first kappa shape index (κ1) is 13.4. The molecular weight excluding hydrogens is 308 g/mol. The Balaban J connectivity index is 2.04. The monoisotopic (exact) mass is 319 g/mol. The van der Waals surface area contributed by atoms with Crippen molar-refractivity contribution in [2.75, 3.05) is 0 Å². The number of hydrogen-bond acceptors (Lipinski definition) is 3. The van der Waals surface area contributed by atoms with Crippen LogP contribution in [-0.4, -0.2) is 21.1 Å². The third kappa shape index (κ3) is 1.93. The molecule has 3 aromatic rings. The van der Waals surface area contributed by atoms with Crippen LogP contribution in [0.25, 0.3) is 26.1 Å². The first-order valence-corrected chi connectivity index (χ1v) is 7.52. The summed E-state index contributed by atoms with van der Waals surface area (Å²) in [5.74, 6) is -2.89. The van der Waals surface area contributed by atoms with Gasteiger partial charge in [-0.25, -0.2) is 8.78 Å². The van der Waals surface area contributed by atoms with Gasteiger partial charge >= 0.3 is 0 Å². The second-order valence-corrected chi connectivity index (χ2v) is 6.47. The zero-order valence-corrected chi connectivity index (χ0v) is 12.4. The number of nitrogens with zero attached hydrogens (tertiary/aromatic N) is 1. The van der Waals surface area contributed by atoms with Crippen molar-refractivity contribution < 1.29 is 8.78 Å². The van der Waals surface area contributed by atoms with Gasteiger partial charge in [0.05, 0.1) is 6.20 Å². The highest BCUT2D eigenvalue weighted by molar-refractivity contribution is 7.22. The van der Waals surface area contributed by atoms with Crippen LogP contribution in [0.15, 0.2) is 29.3 Å². The maximum absolute atomic E-state index is 13.9. The highest BCUT2D eigenvalue weighted by Gasteiger charge is 2.34. The molecule has 4 rings (SSSR count). The van der Waals surface area contributed by atoms with Crippen molar-refractivity contribution in [3.8, 4) is 10.4 Å². The molecule has 112 valence electrons. The molecule has 3 heterocycles. The van der Waals surface area contributed by atoms with Crippen LogP contribution in [0.3, 0.4) is 0 Å². The topological polar surface area (TPSA) is 61.5 Å². The number of fused-ring (bicyclic) bond motifs is 3. The average molecular weight is 319 g/mol. The molecule has 0 bridgehead atoms. The lowest BCUT2D eigenvalue weighted by Crippen LogP contribution is -2.24. The van der Waals surface area contributed by atoms with E-state index in [9.17, 15) is 13.6 Å². The van der Waals surface area contributed by atoms with Crippen LogP contribution < -0.4 is 5.56 Å². The normalized spacial score (nSPS) is 16.6. The van der Waals surface area contributed by atoms with E-state index in [1.165, 1.54) is 11.3 Å². The number of aromatic nitrogens is 3. The summed E-state index contributed by atoms with van der Waals surface area (Å²) in [6, 6.07) is 1.80. The summed E-state index contributed by atoms with van der Waals surface area (Å²) in [5, 5.41) is 7.20. The predicted octanol–water partition coefficient (Wildman–Crippen LogP) is 3.57. The molecule has 0 spiro atoms. The first-order chi connectivity index (χ1) is 10.4. The van der Waals surface area contributed by atoms with Gasteiger partial charge in [-0.05, 0) is 30.2 Å². The number of nitrogens with one attached hydrogen (secondary N) is 2. The molecule has 1 aliphatic rings. The zero-order valence-electron chi connectivity index (χ0n) is 11.5. The van der Waals surface area contributed by atoms with Crippen molar-refractivity contribution in [2.45, 2.75) is 19.3 Å². The average Bonchev–Trinajstić information content (AvgIpc) is 3.07. The van der Waals surface area contributed by atoms with Crippen molar-refractivity contribution >= 4 is 27.0 Å². The van der Waals surface area contributed by atoms with Crippen LogP contribution in [0.2, 0.25) is 0 Å². The number of rotatable bonds is 1. The minimum atomic E-state index is -2.89. The van der Waals surface area contributed by atoms with Gasteiger partial charge in [-0.1, -0.05) is 0 Å². The van der Waals surface area contributed by atoms with Crippen molar-refractivity contribution in [2.24, 2.45) is 0 Å². The number of alkyl halides is 2. The summed E-state index contributed by atoms with van der Waals surface area (Å²) in [4.78, 5) is 15.8. The highest BCUT2D eigenvalue weighted by atomic mass is 32.1. The molecule has 0 radical (unpaired) electrons. The van der Waals surface area contributed by atoms with Gasteiger partial charge in [0.15, 0.2) is 0 Å². The van der Waals surface area contributed by atoms with Crippen LogP contribution in [0.1, 0.15) is 18.2 Å². The van der Waals surface area contributed by atoms with Crippen LogP contribution in [-0.2, 0) is 6.42 Å². The van der Waals surface area contributed by atoms with E-state index < -0.39 is 12.3 Å². The Hall–Kier alpha value is -2.28. The van der Waals surface area contributed by atoms with E-state index in [2.05, 4.69) is 15.2 Å². The van der Waals surface area contributed by atoms with Crippen LogP contribution in [0.5, 0.6) is 0 Å². The summed E-state index contributed by atoms with van der Waals surface area (Å²) in [6.45, 7) is 1.59. The third-order valence-corrected chi connectivity index (χ3v) is 5.00. The number of hydrogen-bond donors (Lipinski definition) is 2. The third-order valence-electron chi connectivity index (χ3n) is 3.82. The molecule has 1 aliphatic carbocycles. The number of thiophene rings is 1. The molecule has 0 aliphatic heterocycles. The largest absolute Gasteiger partial charge is 0.321 e. The summed E-state index contributed by atoms with van der Waals surface area (Å²) in [5.41, 5.74) is 2.02. The second kappa shape index (κ2) is 4.36. The fraction of sp³-hybridized carbons (Fsp3) is 0.200. The Morgan fingerprint density at radius 2 is 2.23 bits per heavy atom. The molecule has 7 heteroatoms. The molecule has 2 N–H and O–H groups in total. The minimum absolute atomic E-state index is 0.244. The fourth-order valence-corrected chi connectivity index (χ4v) is 3.95. The molecule has 3 aromatic heterocycles. The van der Waals surface area contributed by atoms with Crippen molar-refractivity contribution in [3.63, 3.8) is 0 Å². The minimum Gasteiger partial charge on any atom is -0.321 e. The Labute approximate surface area is 127 Å². The number of pyridine rings is 1. The molecule has 0 aromatic carbocycles. The van der Waals surface area contributed by atoms with Crippen molar-refractivity contribution in [1.82, 2.24) is 15.2 Å². The SMILES string of the molecule is CC1=CC(F)(F)Cc2c1[nH]c(=O)c1sc(-c3cn[nH]c3)cc21. The van der Waals surface area contributed by atoms with Gasteiger partial charge in [0.1, 0.15) is 4.70 Å². The Kier molecular flexibility index (Phi) is 2.65. The summed E-state index contributed by atoms with van der Waals surface area (Å²) >= 11 is 1.29. The lowest BCUT2D eigenvalue weighted by Gasteiger charge is -2.22. The summed E-state index contributed by atoms with van der Waals surface area (Å²) in [7, 11) is 0. The number of halogens is 2. The Morgan fingerprint density at radius 1 is 1.41 bits per heavy atom. The molecule has 22 heavy (non-hydrogen) atoms. The maximum atomic E-state index is 13.9.